The number of urea groups is 1. The van der Waals surface area contributed by atoms with E-state index in [1.54, 1.807) is 24.3 Å². The molecule has 0 bridgehead atoms. The fourth-order valence-electron chi connectivity index (χ4n) is 2.04. The van der Waals surface area contributed by atoms with Crippen LogP contribution in [-0.4, -0.2) is 41.1 Å². The van der Waals surface area contributed by atoms with E-state index in [9.17, 15) is 14.4 Å². The van der Waals surface area contributed by atoms with Gasteiger partial charge in [-0.3, -0.25) is 14.5 Å². The van der Waals surface area contributed by atoms with Crippen molar-refractivity contribution in [2.24, 2.45) is 0 Å². The van der Waals surface area contributed by atoms with Crippen molar-refractivity contribution in [3.05, 3.63) is 29.8 Å². The number of imide groups is 1. The molecule has 1 saturated heterocycles. The van der Waals surface area contributed by atoms with E-state index in [0.717, 1.165) is 4.90 Å². The zero-order valence-electron chi connectivity index (χ0n) is 10.8. The highest BCUT2D eigenvalue weighted by Gasteiger charge is 2.39. The molecule has 0 aliphatic carbocycles. The molecule has 20 heavy (non-hydrogen) atoms. The average molecular weight is 278 g/mol. The van der Waals surface area contributed by atoms with Crippen LogP contribution in [-0.2, 0) is 16.1 Å². The van der Waals surface area contributed by atoms with Crippen LogP contribution in [0.1, 0.15) is 12.0 Å². The Morgan fingerprint density at radius 1 is 1.40 bits per heavy atom. The molecule has 1 aliphatic rings. The van der Waals surface area contributed by atoms with Crippen molar-refractivity contribution in [3.8, 4) is 5.75 Å². The summed E-state index contributed by atoms with van der Waals surface area (Å²) >= 11 is 0. The molecule has 1 aliphatic heterocycles. The molecule has 3 amide bonds. The summed E-state index contributed by atoms with van der Waals surface area (Å²) in [5.41, 5.74) is 0.675. The van der Waals surface area contributed by atoms with Crippen molar-refractivity contribution in [1.82, 2.24) is 10.2 Å². The van der Waals surface area contributed by atoms with Crippen LogP contribution in [0, 0.1) is 0 Å². The highest BCUT2D eigenvalue weighted by Crippen LogP contribution is 2.21. The third-order valence-corrected chi connectivity index (χ3v) is 3.01. The molecule has 0 aromatic heterocycles. The minimum absolute atomic E-state index is 0.0464. The smallest absolute Gasteiger partial charge is 0.325 e. The van der Waals surface area contributed by atoms with Crippen LogP contribution in [0.15, 0.2) is 24.3 Å². The minimum Gasteiger partial charge on any atom is -0.496 e. The number of nitrogens with zero attached hydrogens (tertiary/aromatic N) is 1. The number of carbonyl (C=O) groups is 3. The number of rotatable bonds is 5. The summed E-state index contributed by atoms with van der Waals surface area (Å²) < 4.78 is 5.15. The molecule has 2 rings (SSSR count). The van der Waals surface area contributed by atoms with Gasteiger partial charge in [-0.25, -0.2) is 4.79 Å². The van der Waals surface area contributed by atoms with Crippen LogP contribution in [0.2, 0.25) is 0 Å². The molecule has 7 heteroatoms. The van der Waals surface area contributed by atoms with Crippen molar-refractivity contribution < 1.29 is 24.2 Å². The van der Waals surface area contributed by atoms with E-state index in [4.69, 9.17) is 9.84 Å². The van der Waals surface area contributed by atoms with E-state index < -0.39 is 30.4 Å². The lowest BCUT2D eigenvalue weighted by Gasteiger charge is -2.15. The van der Waals surface area contributed by atoms with Crippen LogP contribution < -0.4 is 10.1 Å². The number of benzene rings is 1. The summed E-state index contributed by atoms with van der Waals surface area (Å²) in [5.74, 6) is -1.11. The zero-order valence-corrected chi connectivity index (χ0v) is 10.8. The molecule has 1 aromatic carbocycles. The van der Waals surface area contributed by atoms with E-state index in [-0.39, 0.29) is 6.54 Å². The number of nitrogens with one attached hydrogen (secondary N) is 1. The summed E-state index contributed by atoms with van der Waals surface area (Å²) in [6.07, 6.45) is -0.424. The molecule has 1 aromatic rings. The predicted octanol–water partition coefficient (Wildman–Crippen LogP) is 0.590. The zero-order chi connectivity index (χ0) is 14.7. The van der Waals surface area contributed by atoms with Gasteiger partial charge in [0, 0.05) is 5.56 Å². The maximum atomic E-state index is 12.0. The Kier molecular flexibility index (Phi) is 3.88. The Hall–Kier alpha value is -2.57. The van der Waals surface area contributed by atoms with Crippen molar-refractivity contribution in [3.63, 3.8) is 0 Å². The second kappa shape index (κ2) is 5.60. The second-order valence-electron chi connectivity index (χ2n) is 4.34. The molecule has 1 atom stereocenters. The molecular weight excluding hydrogens is 264 g/mol. The number of para-hydroxylation sites is 1. The lowest BCUT2D eigenvalue weighted by Crippen LogP contribution is -2.32. The van der Waals surface area contributed by atoms with Gasteiger partial charge in [0.1, 0.15) is 11.8 Å². The first-order chi connectivity index (χ1) is 9.52. The quantitative estimate of drug-likeness (QED) is 0.768. The van der Waals surface area contributed by atoms with Crippen molar-refractivity contribution in [2.75, 3.05) is 7.11 Å². The Bertz CT molecular complexity index is 557. The molecule has 2 N–H and O–H groups in total. The Balaban J connectivity index is 2.15. The van der Waals surface area contributed by atoms with Crippen LogP contribution in [0.3, 0.4) is 0 Å². The summed E-state index contributed by atoms with van der Waals surface area (Å²) in [7, 11) is 1.50. The number of carboxylic acid groups (broad SMARTS) is 1. The monoisotopic (exact) mass is 278 g/mol. The molecule has 0 spiro atoms. The van der Waals surface area contributed by atoms with Crippen molar-refractivity contribution >= 4 is 17.9 Å². The predicted molar refractivity (Wildman–Crippen MR) is 68.1 cm³/mol. The Morgan fingerprint density at radius 2 is 2.10 bits per heavy atom. The van der Waals surface area contributed by atoms with Crippen molar-refractivity contribution in [2.45, 2.75) is 19.0 Å². The molecule has 1 heterocycles. The third kappa shape index (κ3) is 2.71. The Labute approximate surface area is 115 Å². The van der Waals surface area contributed by atoms with Gasteiger partial charge in [-0.05, 0) is 6.07 Å². The van der Waals surface area contributed by atoms with E-state index >= 15 is 0 Å². The normalized spacial score (nSPS) is 18.1. The van der Waals surface area contributed by atoms with E-state index in [0.29, 0.717) is 11.3 Å². The fourth-order valence-corrected chi connectivity index (χ4v) is 2.04. The van der Waals surface area contributed by atoms with Gasteiger partial charge in [0.2, 0.25) is 0 Å². The maximum Gasteiger partial charge on any atom is 0.325 e. The van der Waals surface area contributed by atoms with Crippen LogP contribution in [0.5, 0.6) is 5.75 Å². The minimum atomic E-state index is -1.14. The molecule has 106 valence electrons. The van der Waals surface area contributed by atoms with Gasteiger partial charge < -0.3 is 15.2 Å². The number of hydrogen-bond acceptors (Lipinski definition) is 4. The number of hydrogen-bond donors (Lipinski definition) is 2. The topological polar surface area (TPSA) is 95.9 Å². The van der Waals surface area contributed by atoms with E-state index in [1.165, 1.54) is 7.11 Å². The van der Waals surface area contributed by atoms with Crippen LogP contribution in [0.25, 0.3) is 0 Å². The third-order valence-electron chi connectivity index (χ3n) is 3.01. The first-order valence-corrected chi connectivity index (χ1v) is 5.98. The number of carbonyl (C=O) groups excluding carboxylic acids is 2. The summed E-state index contributed by atoms with van der Waals surface area (Å²) in [4.78, 5) is 35.4. The van der Waals surface area contributed by atoms with Crippen LogP contribution in [0.4, 0.5) is 4.79 Å². The number of carboxylic acids is 1. The average Bonchev–Trinajstić information content (AvgIpc) is 2.66. The number of ether oxygens (including phenoxy) is 1. The first kappa shape index (κ1) is 13.9. The lowest BCUT2D eigenvalue weighted by molar-refractivity contribution is -0.140. The van der Waals surface area contributed by atoms with Crippen LogP contribution >= 0.6 is 0 Å². The van der Waals surface area contributed by atoms with Gasteiger partial charge in [0.05, 0.1) is 20.1 Å². The molecule has 0 radical (unpaired) electrons. The first-order valence-electron chi connectivity index (χ1n) is 5.98. The lowest BCUT2D eigenvalue weighted by atomic mass is 10.1. The van der Waals surface area contributed by atoms with Gasteiger partial charge in [0.15, 0.2) is 0 Å². The SMILES string of the molecule is COc1ccccc1CN1C(=O)NC(CC(=O)O)C1=O. The fraction of sp³-hybridized carbons (Fsp3) is 0.308. The largest absolute Gasteiger partial charge is 0.496 e. The van der Waals surface area contributed by atoms with Crippen molar-refractivity contribution in [1.29, 1.82) is 0 Å². The van der Waals surface area contributed by atoms with E-state index in [2.05, 4.69) is 5.32 Å². The second-order valence-corrected chi connectivity index (χ2v) is 4.34. The molecule has 1 unspecified atom stereocenters. The summed E-state index contributed by atoms with van der Waals surface area (Å²) in [6.45, 7) is 0.0464. The maximum absolute atomic E-state index is 12.0. The number of amides is 3. The molecular formula is C13H14N2O5. The summed E-state index contributed by atoms with van der Waals surface area (Å²) in [5, 5.41) is 11.1. The highest BCUT2D eigenvalue weighted by atomic mass is 16.5. The van der Waals surface area contributed by atoms with Gasteiger partial charge in [-0.15, -0.1) is 0 Å². The number of methoxy groups -OCH3 is 1. The van der Waals surface area contributed by atoms with Gasteiger partial charge >= 0.3 is 12.0 Å². The highest BCUT2D eigenvalue weighted by molar-refractivity contribution is 6.05. The standard InChI is InChI=1S/C13H14N2O5/c1-20-10-5-3-2-4-8(10)7-15-12(18)9(6-11(16)17)14-13(15)19/h2-5,9H,6-7H2,1H3,(H,14,19)(H,16,17). The summed E-state index contributed by atoms with van der Waals surface area (Å²) in [6, 6.07) is 5.42. The van der Waals surface area contributed by atoms with Gasteiger partial charge in [0.25, 0.3) is 5.91 Å². The molecule has 0 saturated carbocycles. The molecule has 1 fully saturated rings. The number of aliphatic carboxylic acids is 1. The van der Waals surface area contributed by atoms with E-state index in [1.807, 2.05) is 0 Å². The van der Waals surface area contributed by atoms with Gasteiger partial charge in [-0.2, -0.15) is 0 Å². The molecule has 7 nitrogen and oxygen atoms in total. The van der Waals surface area contributed by atoms with Gasteiger partial charge in [-0.1, -0.05) is 18.2 Å². The Morgan fingerprint density at radius 3 is 2.75 bits per heavy atom.